The minimum absolute atomic E-state index is 0.0442. The number of benzene rings is 2. The molecule has 0 aliphatic rings. The topological polar surface area (TPSA) is 44.5 Å². The van der Waals surface area contributed by atoms with E-state index in [1.54, 1.807) is 0 Å². The molecule has 0 spiro atoms. The molecule has 21 heavy (non-hydrogen) atoms. The maximum absolute atomic E-state index is 6.16. The van der Waals surface area contributed by atoms with Crippen molar-refractivity contribution >= 4 is 27.5 Å². The Balaban J connectivity index is 1.82. The van der Waals surface area contributed by atoms with E-state index in [2.05, 4.69) is 15.9 Å². The lowest BCUT2D eigenvalue weighted by Crippen LogP contribution is -2.10. The van der Waals surface area contributed by atoms with Crippen LogP contribution in [0.3, 0.4) is 0 Å². The van der Waals surface area contributed by atoms with Gasteiger partial charge in [0.25, 0.3) is 0 Å². The molecule has 0 aliphatic heterocycles. The second kappa shape index (κ2) is 7.69. The van der Waals surface area contributed by atoms with Crippen LogP contribution < -0.4 is 15.2 Å². The SMILES string of the molecule is C[C@H](N)c1ccc(OCCOc2ccc(Br)cc2)c(Cl)c1. The third-order valence-corrected chi connectivity index (χ3v) is 3.73. The minimum Gasteiger partial charge on any atom is -0.490 e. The first-order valence-corrected chi connectivity index (χ1v) is 7.79. The van der Waals surface area contributed by atoms with Crippen molar-refractivity contribution in [1.29, 1.82) is 0 Å². The standard InChI is InChI=1S/C16H17BrClNO2/c1-11(19)12-2-7-16(15(18)10-12)21-9-8-20-14-5-3-13(17)4-6-14/h2-7,10-11H,8-9,19H2,1H3/t11-/m0/s1. The summed E-state index contributed by atoms with van der Waals surface area (Å²) in [6, 6.07) is 13.2. The van der Waals surface area contributed by atoms with E-state index in [4.69, 9.17) is 26.8 Å². The zero-order valence-corrected chi connectivity index (χ0v) is 14.0. The zero-order valence-electron chi connectivity index (χ0n) is 11.7. The van der Waals surface area contributed by atoms with Gasteiger partial charge in [0.2, 0.25) is 0 Å². The Hall–Kier alpha value is -1.23. The van der Waals surface area contributed by atoms with Crippen LogP contribution in [0.2, 0.25) is 5.02 Å². The molecule has 0 heterocycles. The summed E-state index contributed by atoms with van der Waals surface area (Å²) >= 11 is 9.54. The normalized spacial score (nSPS) is 12.0. The number of ether oxygens (including phenoxy) is 2. The molecule has 0 fully saturated rings. The summed E-state index contributed by atoms with van der Waals surface area (Å²) in [7, 11) is 0. The van der Waals surface area contributed by atoms with Crippen molar-refractivity contribution in [2.75, 3.05) is 13.2 Å². The van der Waals surface area contributed by atoms with Gasteiger partial charge in [0.15, 0.2) is 0 Å². The number of nitrogens with two attached hydrogens (primary N) is 1. The third-order valence-electron chi connectivity index (χ3n) is 2.90. The van der Waals surface area contributed by atoms with E-state index < -0.39 is 0 Å². The lowest BCUT2D eigenvalue weighted by atomic mass is 10.1. The Labute approximate surface area is 138 Å². The summed E-state index contributed by atoms with van der Waals surface area (Å²) in [4.78, 5) is 0. The summed E-state index contributed by atoms with van der Waals surface area (Å²) < 4.78 is 12.2. The van der Waals surface area contributed by atoms with E-state index in [-0.39, 0.29) is 6.04 Å². The predicted molar refractivity (Wildman–Crippen MR) is 89.2 cm³/mol. The van der Waals surface area contributed by atoms with E-state index in [1.165, 1.54) is 0 Å². The van der Waals surface area contributed by atoms with Crippen LogP contribution >= 0.6 is 27.5 Å². The van der Waals surface area contributed by atoms with Crippen molar-refractivity contribution in [1.82, 2.24) is 0 Å². The van der Waals surface area contributed by atoms with Gasteiger partial charge in [-0.25, -0.2) is 0 Å². The molecule has 0 bridgehead atoms. The quantitative estimate of drug-likeness (QED) is 0.757. The predicted octanol–water partition coefficient (Wildman–Crippen LogP) is 4.58. The molecule has 0 saturated carbocycles. The van der Waals surface area contributed by atoms with Gasteiger partial charge >= 0.3 is 0 Å². The summed E-state index contributed by atoms with van der Waals surface area (Å²) in [5, 5.41) is 0.563. The van der Waals surface area contributed by atoms with Gasteiger partial charge in [-0.1, -0.05) is 33.6 Å². The van der Waals surface area contributed by atoms with Gasteiger partial charge in [0.1, 0.15) is 24.7 Å². The van der Waals surface area contributed by atoms with Gasteiger partial charge in [-0.2, -0.15) is 0 Å². The summed E-state index contributed by atoms with van der Waals surface area (Å²) in [6.07, 6.45) is 0. The van der Waals surface area contributed by atoms with E-state index in [0.29, 0.717) is 24.0 Å². The Kier molecular flexibility index (Phi) is 5.91. The number of hydrogen-bond donors (Lipinski definition) is 1. The molecule has 0 radical (unpaired) electrons. The second-order valence-corrected chi connectivity index (χ2v) is 5.95. The highest BCUT2D eigenvalue weighted by Gasteiger charge is 2.06. The molecule has 0 unspecified atom stereocenters. The van der Waals surface area contributed by atoms with Gasteiger partial charge in [-0.15, -0.1) is 0 Å². The van der Waals surface area contributed by atoms with Crippen molar-refractivity contribution in [3.05, 3.63) is 57.5 Å². The first-order valence-electron chi connectivity index (χ1n) is 6.62. The largest absolute Gasteiger partial charge is 0.490 e. The molecule has 3 nitrogen and oxygen atoms in total. The molecule has 5 heteroatoms. The van der Waals surface area contributed by atoms with E-state index in [9.17, 15) is 0 Å². The Morgan fingerprint density at radius 2 is 1.76 bits per heavy atom. The molecule has 1 atom stereocenters. The van der Waals surface area contributed by atoms with Crippen LogP contribution in [-0.2, 0) is 0 Å². The first-order chi connectivity index (χ1) is 10.1. The molecule has 0 aromatic heterocycles. The maximum Gasteiger partial charge on any atom is 0.138 e. The van der Waals surface area contributed by atoms with Gasteiger partial charge in [-0.05, 0) is 48.9 Å². The third kappa shape index (κ3) is 4.92. The molecule has 2 N–H and O–H groups in total. The minimum atomic E-state index is -0.0442. The fraction of sp³-hybridized carbons (Fsp3) is 0.250. The summed E-state index contributed by atoms with van der Waals surface area (Å²) in [6.45, 7) is 2.79. The molecule has 0 amide bonds. The smallest absolute Gasteiger partial charge is 0.138 e. The van der Waals surface area contributed by atoms with Crippen molar-refractivity contribution < 1.29 is 9.47 Å². The van der Waals surface area contributed by atoms with E-state index in [0.717, 1.165) is 15.8 Å². The fourth-order valence-corrected chi connectivity index (χ4v) is 2.27. The van der Waals surface area contributed by atoms with Crippen molar-refractivity contribution in [2.45, 2.75) is 13.0 Å². The second-order valence-electron chi connectivity index (χ2n) is 4.63. The first kappa shape index (κ1) is 16.1. The average molecular weight is 371 g/mol. The number of halogens is 2. The van der Waals surface area contributed by atoms with Crippen LogP contribution in [0.15, 0.2) is 46.9 Å². The Morgan fingerprint density at radius 3 is 2.38 bits per heavy atom. The van der Waals surface area contributed by atoms with Gasteiger partial charge < -0.3 is 15.2 Å². The number of hydrogen-bond acceptors (Lipinski definition) is 3. The van der Waals surface area contributed by atoms with Crippen LogP contribution in [-0.4, -0.2) is 13.2 Å². The molecule has 0 aliphatic carbocycles. The van der Waals surface area contributed by atoms with Crippen LogP contribution in [0.4, 0.5) is 0 Å². The monoisotopic (exact) mass is 369 g/mol. The van der Waals surface area contributed by atoms with Crippen LogP contribution in [0.5, 0.6) is 11.5 Å². The molecule has 2 aromatic carbocycles. The molecular weight excluding hydrogens is 354 g/mol. The number of rotatable bonds is 6. The van der Waals surface area contributed by atoms with Crippen molar-refractivity contribution in [3.8, 4) is 11.5 Å². The van der Waals surface area contributed by atoms with Crippen molar-refractivity contribution in [2.24, 2.45) is 5.73 Å². The van der Waals surface area contributed by atoms with E-state index in [1.807, 2.05) is 49.4 Å². The average Bonchev–Trinajstić information content (AvgIpc) is 2.46. The zero-order chi connectivity index (χ0) is 15.2. The van der Waals surface area contributed by atoms with Gasteiger partial charge in [0, 0.05) is 10.5 Å². The summed E-state index contributed by atoms with van der Waals surface area (Å²) in [5.74, 6) is 1.45. The lowest BCUT2D eigenvalue weighted by Gasteiger charge is -2.12. The summed E-state index contributed by atoms with van der Waals surface area (Å²) in [5.41, 5.74) is 6.79. The Morgan fingerprint density at radius 1 is 1.10 bits per heavy atom. The van der Waals surface area contributed by atoms with E-state index >= 15 is 0 Å². The maximum atomic E-state index is 6.16. The molecule has 2 rings (SSSR count). The molecule has 112 valence electrons. The van der Waals surface area contributed by atoms with Crippen molar-refractivity contribution in [3.63, 3.8) is 0 Å². The fourth-order valence-electron chi connectivity index (χ4n) is 1.76. The van der Waals surface area contributed by atoms with Gasteiger partial charge in [0.05, 0.1) is 5.02 Å². The van der Waals surface area contributed by atoms with Crippen LogP contribution in [0.1, 0.15) is 18.5 Å². The van der Waals surface area contributed by atoms with Gasteiger partial charge in [-0.3, -0.25) is 0 Å². The molecular formula is C16H17BrClNO2. The highest BCUT2D eigenvalue weighted by molar-refractivity contribution is 9.10. The lowest BCUT2D eigenvalue weighted by molar-refractivity contribution is 0.217. The Bertz CT molecular complexity index is 587. The molecule has 0 saturated heterocycles. The molecule has 2 aromatic rings. The highest BCUT2D eigenvalue weighted by Crippen LogP contribution is 2.27. The van der Waals surface area contributed by atoms with Crippen LogP contribution in [0, 0.1) is 0 Å². The highest BCUT2D eigenvalue weighted by atomic mass is 79.9. The van der Waals surface area contributed by atoms with Crippen LogP contribution in [0.25, 0.3) is 0 Å².